The minimum atomic E-state index is -0.0424. The van der Waals surface area contributed by atoms with E-state index in [2.05, 4.69) is 34.1 Å². The number of nitrogens with zero attached hydrogens (tertiary/aromatic N) is 3. The second-order valence-corrected chi connectivity index (χ2v) is 6.17. The number of hydrogen-bond acceptors (Lipinski definition) is 4. The molecule has 1 aromatic carbocycles. The van der Waals surface area contributed by atoms with Crippen molar-refractivity contribution < 1.29 is 9.90 Å². The van der Waals surface area contributed by atoms with Gasteiger partial charge in [0.05, 0.1) is 0 Å². The molecule has 0 aromatic heterocycles. The maximum Gasteiger partial charge on any atom is 0.211 e. The molecule has 1 amide bonds. The first-order valence-electron chi connectivity index (χ1n) is 8.74. The molecule has 2 rings (SSSR count). The lowest BCUT2D eigenvalue weighted by Gasteiger charge is -2.23. The first-order valence-corrected chi connectivity index (χ1v) is 8.74. The molecule has 0 bridgehead atoms. The van der Waals surface area contributed by atoms with Gasteiger partial charge in [0.2, 0.25) is 6.41 Å². The van der Waals surface area contributed by atoms with Crippen molar-refractivity contribution in [1.82, 2.24) is 4.90 Å². The normalized spacial score (nSPS) is 13.5. The Labute approximate surface area is 150 Å². The Hall–Kier alpha value is -2.21. The Morgan fingerprint density at radius 2 is 2.16 bits per heavy atom. The lowest BCUT2D eigenvalue weighted by atomic mass is 10.1. The Morgan fingerprint density at radius 3 is 2.64 bits per heavy atom. The molecule has 0 heterocycles. The van der Waals surface area contributed by atoms with Crippen molar-refractivity contribution in [2.75, 3.05) is 18.5 Å². The minimum Gasteiger partial charge on any atom is -0.388 e. The highest BCUT2D eigenvalue weighted by Gasteiger charge is 2.30. The van der Waals surface area contributed by atoms with E-state index in [-0.39, 0.29) is 6.61 Å². The lowest BCUT2D eigenvalue weighted by molar-refractivity contribution is -0.105. The van der Waals surface area contributed by atoms with E-state index in [0.717, 1.165) is 30.6 Å². The van der Waals surface area contributed by atoms with Gasteiger partial charge in [0.1, 0.15) is 6.61 Å². The molecule has 6 heteroatoms. The molecule has 1 aliphatic carbocycles. The third-order valence-electron chi connectivity index (χ3n) is 4.00. The minimum absolute atomic E-state index is 0.0424. The zero-order chi connectivity index (χ0) is 18.7. The Morgan fingerprint density at radius 1 is 1.44 bits per heavy atom. The van der Waals surface area contributed by atoms with Gasteiger partial charge in [-0.25, -0.2) is 0 Å². The maximum absolute atomic E-state index is 10.1. The van der Waals surface area contributed by atoms with Gasteiger partial charge >= 0.3 is 0 Å². The average molecular weight is 346 g/mol. The summed E-state index contributed by atoms with van der Waals surface area (Å²) in [5.74, 6) is 0.663. The fourth-order valence-electron chi connectivity index (χ4n) is 2.54. The predicted molar refractivity (Wildman–Crippen MR) is 104 cm³/mol. The van der Waals surface area contributed by atoms with E-state index >= 15 is 0 Å². The topological polar surface area (TPSA) is 77.3 Å². The van der Waals surface area contributed by atoms with Crippen LogP contribution < -0.4 is 5.32 Å². The first kappa shape index (κ1) is 20.8. The third kappa shape index (κ3) is 7.47. The molecule has 1 aromatic rings. The summed E-state index contributed by atoms with van der Waals surface area (Å²) < 4.78 is 0. The van der Waals surface area contributed by atoms with Crippen LogP contribution in [-0.2, 0) is 4.79 Å². The molecule has 6 nitrogen and oxygen atoms in total. The molecular weight excluding hydrogens is 316 g/mol. The zero-order valence-corrected chi connectivity index (χ0v) is 15.5. The van der Waals surface area contributed by atoms with Gasteiger partial charge in [-0.05, 0) is 44.7 Å². The molecule has 0 unspecified atom stereocenters. The Balaban J connectivity index is 0.000000257. The van der Waals surface area contributed by atoms with Gasteiger partial charge in [-0.1, -0.05) is 31.0 Å². The number of aryl methyl sites for hydroxylation is 2. The number of carbonyl (C=O) groups excluding carboxylic acids is 1. The van der Waals surface area contributed by atoms with Crippen molar-refractivity contribution in [3.05, 3.63) is 29.3 Å². The van der Waals surface area contributed by atoms with Gasteiger partial charge in [0.15, 0.2) is 5.84 Å². The number of benzene rings is 1. The number of anilines is 1. The van der Waals surface area contributed by atoms with Crippen LogP contribution in [0, 0.1) is 13.8 Å². The molecule has 1 saturated carbocycles. The van der Waals surface area contributed by atoms with Crippen molar-refractivity contribution >= 4 is 24.7 Å². The van der Waals surface area contributed by atoms with Crippen molar-refractivity contribution in [1.29, 1.82) is 0 Å². The highest BCUT2D eigenvalue weighted by Crippen LogP contribution is 2.27. The van der Waals surface area contributed by atoms with Crippen LogP contribution in [0.3, 0.4) is 0 Å². The molecule has 0 spiro atoms. The molecular formula is C19H30N4O2. The predicted octanol–water partition coefficient (Wildman–Crippen LogP) is 3.13. The SMILES string of the molecule is C=N/N=C(/CO)N(CCCC)C1CC1.Cc1ccc(NC=O)c(C)c1. The van der Waals surface area contributed by atoms with Gasteiger partial charge in [-0.2, -0.15) is 5.10 Å². The number of amidine groups is 1. The van der Waals surface area contributed by atoms with Crippen LogP contribution in [-0.4, -0.2) is 48.2 Å². The molecule has 1 aliphatic rings. The molecule has 1 fully saturated rings. The highest BCUT2D eigenvalue weighted by atomic mass is 16.3. The van der Waals surface area contributed by atoms with Gasteiger partial charge in [0, 0.05) is 25.0 Å². The summed E-state index contributed by atoms with van der Waals surface area (Å²) in [6.07, 6.45) is 5.40. The summed E-state index contributed by atoms with van der Waals surface area (Å²) >= 11 is 0. The molecule has 0 aliphatic heterocycles. The van der Waals surface area contributed by atoms with E-state index in [1.807, 2.05) is 32.0 Å². The lowest BCUT2D eigenvalue weighted by Crippen LogP contribution is -2.36. The smallest absolute Gasteiger partial charge is 0.211 e. The van der Waals surface area contributed by atoms with Gasteiger partial charge in [-0.3, -0.25) is 4.79 Å². The van der Waals surface area contributed by atoms with Crippen LogP contribution in [0.5, 0.6) is 0 Å². The van der Waals surface area contributed by atoms with E-state index in [4.69, 9.17) is 5.11 Å². The Kier molecular flexibility index (Phi) is 9.47. The third-order valence-corrected chi connectivity index (χ3v) is 4.00. The van der Waals surface area contributed by atoms with Crippen LogP contribution in [0.4, 0.5) is 5.69 Å². The summed E-state index contributed by atoms with van der Waals surface area (Å²) in [5, 5.41) is 19.1. The zero-order valence-electron chi connectivity index (χ0n) is 15.5. The Bertz CT molecular complexity index is 583. The fourth-order valence-corrected chi connectivity index (χ4v) is 2.54. The number of carbonyl (C=O) groups is 1. The molecule has 0 saturated heterocycles. The maximum atomic E-state index is 10.1. The summed E-state index contributed by atoms with van der Waals surface area (Å²) in [5.41, 5.74) is 3.18. The van der Waals surface area contributed by atoms with E-state index in [1.165, 1.54) is 18.4 Å². The molecule has 0 radical (unpaired) electrons. The van der Waals surface area contributed by atoms with Crippen LogP contribution in [0.25, 0.3) is 0 Å². The number of hydrogen-bond donors (Lipinski definition) is 2. The van der Waals surface area contributed by atoms with Crippen molar-refractivity contribution in [2.24, 2.45) is 10.2 Å². The highest BCUT2D eigenvalue weighted by molar-refractivity contribution is 5.84. The summed E-state index contributed by atoms with van der Waals surface area (Å²) in [7, 11) is 0. The summed E-state index contributed by atoms with van der Waals surface area (Å²) in [6, 6.07) is 6.48. The van der Waals surface area contributed by atoms with Gasteiger partial charge in [-0.15, -0.1) is 5.10 Å². The second-order valence-electron chi connectivity index (χ2n) is 6.17. The number of aliphatic hydroxyl groups excluding tert-OH is 1. The molecule has 0 atom stereocenters. The average Bonchev–Trinajstić information content (AvgIpc) is 3.42. The van der Waals surface area contributed by atoms with Crippen LogP contribution in [0.15, 0.2) is 28.4 Å². The van der Waals surface area contributed by atoms with Crippen molar-refractivity contribution in [3.8, 4) is 0 Å². The number of aliphatic hydroxyl groups is 1. The van der Waals surface area contributed by atoms with Gasteiger partial charge in [0.25, 0.3) is 0 Å². The summed E-state index contributed by atoms with van der Waals surface area (Å²) in [4.78, 5) is 12.3. The summed E-state index contributed by atoms with van der Waals surface area (Å²) in [6.45, 7) is 10.4. The van der Waals surface area contributed by atoms with E-state index < -0.39 is 0 Å². The van der Waals surface area contributed by atoms with Crippen LogP contribution in [0.2, 0.25) is 0 Å². The molecule has 2 N–H and O–H groups in total. The fraction of sp³-hybridized carbons (Fsp3) is 0.526. The van der Waals surface area contributed by atoms with E-state index in [1.54, 1.807) is 0 Å². The number of rotatable bonds is 8. The number of amides is 1. The van der Waals surface area contributed by atoms with Crippen LogP contribution in [0.1, 0.15) is 43.7 Å². The molecule has 138 valence electrons. The van der Waals surface area contributed by atoms with Crippen molar-refractivity contribution in [2.45, 2.75) is 52.5 Å². The van der Waals surface area contributed by atoms with E-state index in [9.17, 15) is 4.79 Å². The van der Waals surface area contributed by atoms with Crippen LogP contribution >= 0.6 is 0 Å². The monoisotopic (exact) mass is 346 g/mol. The number of unbranched alkanes of at least 4 members (excludes halogenated alkanes) is 1. The van der Waals surface area contributed by atoms with Crippen molar-refractivity contribution in [3.63, 3.8) is 0 Å². The molecule has 25 heavy (non-hydrogen) atoms. The van der Waals surface area contributed by atoms with Gasteiger partial charge < -0.3 is 15.3 Å². The quantitative estimate of drug-likeness (QED) is 0.328. The largest absolute Gasteiger partial charge is 0.388 e. The first-order chi connectivity index (χ1) is 12.1. The standard InChI is InChI=1S/C10H19N3O.C9H11NO/c1-3-4-7-13(9-5-6-9)10(8-14)12-11-2;1-7-3-4-9(10-6-11)8(2)5-7/h9,14H,2-8H2,1H3;3-6H,1-2H3,(H,10,11)/b12-10-;. The second kappa shape index (κ2) is 11.4. The van der Waals surface area contributed by atoms with E-state index in [0.29, 0.717) is 18.3 Å². The number of nitrogens with one attached hydrogen (secondary N) is 1.